The molecule has 2 rings (SSSR count). The Kier molecular flexibility index (Phi) is 3.74. The Balaban J connectivity index is 2.82. The van der Waals surface area contributed by atoms with Gasteiger partial charge in [0.05, 0.1) is 25.3 Å². The van der Waals surface area contributed by atoms with Crippen molar-refractivity contribution in [3.05, 3.63) is 46.5 Å². The summed E-state index contributed by atoms with van der Waals surface area (Å²) in [6, 6.07) is 7.19. The molecule has 4 heteroatoms. The van der Waals surface area contributed by atoms with Crippen LogP contribution in [0.2, 0.25) is 0 Å². The number of rotatable bonds is 2. The van der Waals surface area contributed by atoms with E-state index < -0.39 is 0 Å². The fraction of sp³-hybridized carbons (Fsp3) is 0.250. The lowest BCUT2D eigenvalue weighted by Gasteiger charge is -2.13. The van der Waals surface area contributed by atoms with E-state index in [4.69, 9.17) is 9.47 Å². The van der Waals surface area contributed by atoms with Gasteiger partial charge in [0.2, 0.25) is 0 Å². The van der Waals surface area contributed by atoms with Crippen LogP contribution in [0.5, 0.6) is 0 Å². The van der Waals surface area contributed by atoms with Crippen LogP contribution in [0.1, 0.15) is 31.8 Å². The molecule has 0 saturated heterocycles. The number of fused-ring (bicyclic) bond motifs is 1. The molecule has 4 nitrogen and oxygen atoms in total. The van der Waals surface area contributed by atoms with Gasteiger partial charge >= 0.3 is 11.9 Å². The lowest BCUT2D eigenvalue weighted by molar-refractivity contribution is 0.0593. The van der Waals surface area contributed by atoms with Crippen LogP contribution >= 0.6 is 0 Å². The molecule has 0 saturated carbocycles. The minimum atomic E-state index is -0.389. The molecule has 0 aliphatic heterocycles. The minimum absolute atomic E-state index is 0.370. The molecule has 0 radical (unpaired) electrons. The van der Waals surface area contributed by atoms with Crippen molar-refractivity contribution in [1.29, 1.82) is 0 Å². The second-order valence-electron chi connectivity index (χ2n) is 4.58. The van der Waals surface area contributed by atoms with E-state index in [1.807, 2.05) is 26.0 Å². The van der Waals surface area contributed by atoms with Gasteiger partial charge in [-0.25, -0.2) is 9.59 Å². The Labute approximate surface area is 117 Å². The molecule has 0 unspecified atom stereocenters. The number of benzene rings is 2. The van der Waals surface area contributed by atoms with E-state index in [1.54, 1.807) is 12.1 Å². The third-order valence-corrected chi connectivity index (χ3v) is 3.44. The molecule has 0 amide bonds. The number of ether oxygens (including phenoxy) is 2. The number of hydrogen-bond acceptors (Lipinski definition) is 4. The summed E-state index contributed by atoms with van der Waals surface area (Å²) in [4.78, 5) is 23.7. The number of aryl methyl sites for hydroxylation is 2. The summed E-state index contributed by atoms with van der Waals surface area (Å²) in [6.45, 7) is 3.68. The summed E-state index contributed by atoms with van der Waals surface area (Å²) in [5, 5.41) is 1.63. The average Bonchev–Trinajstić information content (AvgIpc) is 2.45. The molecule has 0 bridgehead atoms. The maximum absolute atomic E-state index is 11.9. The largest absolute Gasteiger partial charge is 0.465 e. The summed E-state index contributed by atoms with van der Waals surface area (Å²) < 4.78 is 9.61. The molecule has 20 heavy (non-hydrogen) atoms. The highest BCUT2D eigenvalue weighted by Gasteiger charge is 2.18. The molecule has 104 valence electrons. The van der Waals surface area contributed by atoms with Crippen molar-refractivity contribution in [2.24, 2.45) is 0 Å². The fourth-order valence-electron chi connectivity index (χ4n) is 2.47. The van der Waals surface area contributed by atoms with Gasteiger partial charge in [-0.2, -0.15) is 0 Å². The highest BCUT2D eigenvalue weighted by Crippen LogP contribution is 2.28. The van der Waals surface area contributed by atoms with E-state index in [2.05, 4.69) is 0 Å². The number of methoxy groups -OCH3 is 2. The van der Waals surface area contributed by atoms with Gasteiger partial charge in [-0.15, -0.1) is 0 Å². The maximum atomic E-state index is 11.9. The van der Waals surface area contributed by atoms with Crippen molar-refractivity contribution in [2.45, 2.75) is 13.8 Å². The lowest BCUT2D eigenvalue weighted by atomic mass is 9.93. The zero-order valence-corrected chi connectivity index (χ0v) is 11.9. The molecule has 0 heterocycles. The van der Waals surface area contributed by atoms with E-state index in [1.165, 1.54) is 14.2 Å². The summed E-state index contributed by atoms with van der Waals surface area (Å²) in [6.07, 6.45) is 0. The van der Waals surface area contributed by atoms with Crippen molar-refractivity contribution in [1.82, 2.24) is 0 Å². The predicted molar refractivity (Wildman–Crippen MR) is 76.1 cm³/mol. The zero-order valence-electron chi connectivity index (χ0n) is 11.9. The van der Waals surface area contributed by atoms with Crippen LogP contribution < -0.4 is 0 Å². The standard InChI is InChI=1S/C16H16O4/c1-9-8-13-11(10(2)14(9)16(18)20-4)6-5-7-12(13)15(17)19-3/h5-8H,1-4H3. The van der Waals surface area contributed by atoms with Crippen LogP contribution in [0.4, 0.5) is 0 Å². The first-order valence-corrected chi connectivity index (χ1v) is 6.20. The number of carbonyl (C=O) groups excluding carboxylic acids is 2. The first kappa shape index (κ1) is 14.1. The van der Waals surface area contributed by atoms with Crippen molar-refractivity contribution in [3.8, 4) is 0 Å². The molecule has 0 fully saturated rings. The van der Waals surface area contributed by atoms with Gasteiger partial charge in [0, 0.05) is 0 Å². The molecule has 0 spiro atoms. The van der Waals surface area contributed by atoms with E-state index >= 15 is 0 Å². The van der Waals surface area contributed by atoms with Gasteiger partial charge in [-0.05, 0) is 47.9 Å². The Morgan fingerprint density at radius 1 is 0.950 bits per heavy atom. The van der Waals surface area contributed by atoms with Crippen LogP contribution in [0.15, 0.2) is 24.3 Å². The van der Waals surface area contributed by atoms with Gasteiger partial charge in [0.25, 0.3) is 0 Å². The Hall–Kier alpha value is -2.36. The zero-order chi connectivity index (χ0) is 14.9. The second-order valence-corrected chi connectivity index (χ2v) is 4.58. The predicted octanol–water partition coefficient (Wildman–Crippen LogP) is 3.03. The molecule has 0 atom stereocenters. The van der Waals surface area contributed by atoms with Crippen LogP contribution in [0.25, 0.3) is 10.8 Å². The summed E-state index contributed by atoms with van der Waals surface area (Å²) in [5.41, 5.74) is 2.62. The molecule has 0 aliphatic carbocycles. The first-order valence-electron chi connectivity index (χ1n) is 6.20. The maximum Gasteiger partial charge on any atom is 0.338 e. The molecule has 0 aliphatic rings. The smallest absolute Gasteiger partial charge is 0.338 e. The van der Waals surface area contributed by atoms with Gasteiger partial charge in [0.15, 0.2) is 0 Å². The lowest BCUT2D eigenvalue weighted by Crippen LogP contribution is -2.08. The SMILES string of the molecule is COC(=O)c1c(C)cc2c(C(=O)OC)cccc2c1C. The molecule has 2 aromatic carbocycles. The van der Waals surface area contributed by atoms with Gasteiger partial charge in [0.1, 0.15) is 0 Å². The molecule has 2 aromatic rings. The monoisotopic (exact) mass is 272 g/mol. The number of carbonyl (C=O) groups is 2. The topological polar surface area (TPSA) is 52.6 Å². The van der Waals surface area contributed by atoms with Crippen molar-refractivity contribution < 1.29 is 19.1 Å². The molecule has 0 N–H and O–H groups in total. The van der Waals surface area contributed by atoms with E-state index in [0.717, 1.165) is 21.9 Å². The van der Waals surface area contributed by atoms with Crippen LogP contribution in [-0.2, 0) is 9.47 Å². The molecular weight excluding hydrogens is 256 g/mol. The Morgan fingerprint density at radius 3 is 2.20 bits per heavy atom. The van der Waals surface area contributed by atoms with Crippen LogP contribution in [0, 0.1) is 13.8 Å². The van der Waals surface area contributed by atoms with Crippen LogP contribution in [-0.4, -0.2) is 26.2 Å². The van der Waals surface area contributed by atoms with Crippen molar-refractivity contribution in [3.63, 3.8) is 0 Å². The van der Waals surface area contributed by atoms with E-state index in [9.17, 15) is 9.59 Å². The van der Waals surface area contributed by atoms with Gasteiger partial charge in [-0.1, -0.05) is 12.1 Å². The van der Waals surface area contributed by atoms with Gasteiger partial charge in [-0.3, -0.25) is 0 Å². The van der Waals surface area contributed by atoms with Crippen molar-refractivity contribution in [2.75, 3.05) is 14.2 Å². The van der Waals surface area contributed by atoms with E-state index in [-0.39, 0.29) is 11.9 Å². The summed E-state index contributed by atoms with van der Waals surface area (Å²) in [7, 11) is 2.71. The van der Waals surface area contributed by atoms with E-state index in [0.29, 0.717) is 11.1 Å². The van der Waals surface area contributed by atoms with Crippen LogP contribution in [0.3, 0.4) is 0 Å². The average molecular weight is 272 g/mol. The Morgan fingerprint density at radius 2 is 1.60 bits per heavy atom. The second kappa shape index (κ2) is 5.33. The first-order chi connectivity index (χ1) is 9.51. The quantitative estimate of drug-likeness (QED) is 0.788. The molecular formula is C16H16O4. The number of esters is 2. The number of hydrogen-bond donors (Lipinski definition) is 0. The Bertz CT molecular complexity index is 701. The third-order valence-electron chi connectivity index (χ3n) is 3.44. The minimum Gasteiger partial charge on any atom is -0.465 e. The highest BCUT2D eigenvalue weighted by molar-refractivity contribution is 6.08. The normalized spacial score (nSPS) is 10.4. The van der Waals surface area contributed by atoms with Gasteiger partial charge < -0.3 is 9.47 Å². The summed E-state index contributed by atoms with van der Waals surface area (Å²) >= 11 is 0. The third kappa shape index (κ3) is 2.13. The highest BCUT2D eigenvalue weighted by atomic mass is 16.5. The molecule has 0 aromatic heterocycles. The fourth-order valence-corrected chi connectivity index (χ4v) is 2.47. The van der Waals surface area contributed by atoms with Crippen molar-refractivity contribution >= 4 is 22.7 Å². The summed E-state index contributed by atoms with van der Waals surface area (Å²) in [5.74, 6) is -0.759.